The van der Waals surface area contributed by atoms with E-state index in [-0.39, 0.29) is 38.6 Å². The Bertz CT molecular complexity index is 686. The molecule has 0 aliphatic carbocycles. The molecule has 3 N–H and O–H groups in total. The number of non-ortho nitro benzene ring substituents is 1. The van der Waals surface area contributed by atoms with Crippen molar-refractivity contribution in [3.8, 4) is 0 Å². The van der Waals surface area contributed by atoms with Crippen molar-refractivity contribution < 1.29 is 26.1 Å². The summed E-state index contributed by atoms with van der Waals surface area (Å²) in [7, 11) is 1.72. The van der Waals surface area contributed by atoms with E-state index >= 15 is 0 Å². The number of carbonyl (C=O) groups excluding carboxylic acids is 1. The van der Waals surface area contributed by atoms with Gasteiger partial charge in [-0.25, -0.2) is 0 Å². The van der Waals surface area contributed by atoms with Crippen LogP contribution in [-0.2, 0) is 0 Å². The first kappa shape index (κ1) is 24.3. The Kier molecular flexibility index (Phi) is 10.9. The summed E-state index contributed by atoms with van der Waals surface area (Å²) < 4.78 is 2.76. The van der Waals surface area contributed by atoms with Crippen molar-refractivity contribution in [2.75, 3.05) is 7.05 Å². The van der Waals surface area contributed by atoms with E-state index < -0.39 is 20.6 Å². The van der Waals surface area contributed by atoms with Crippen molar-refractivity contribution in [3.05, 3.63) is 69.2 Å². The molecule has 0 aliphatic heterocycles. The van der Waals surface area contributed by atoms with Crippen molar-refractivity contribution in [2.45, 2.75) is 0 Å². The van der Waals surface area contributed by atoms with Crippen LogP contribution in [0.5, 0.6) is 0 Å². The molecule has 10 heteroatoms. The Morgan fingerprint density at radius 3 is 2.21 bits per heavy atom. The summed E-state index contributed by atoms with van der Waals surface area (Å²) in [6, 6.07) is 13.6. The van der Waals surface area contributed by atoms with Crippen molar-refractivity contribution in [1.82, 2.24) is 3.86 Å². The fourth-order valence-electron chi connectivity index (χ4n) is 1.73. The molecule has 0 aromatic heterocycles. The summed E-state index contributed by atoms with van der Waals surface area (Å²) in [5.74, 6) is -0.223. The van der Waals surface area contributed by atoms with Gasteiger partial charge in [-0.1, -0.05) is 0 Å². The SMILES string of the molecule is C[N]([Ge][c]1ccccc1)C(=O)c1ccc([N+](=O)[O-])cc1Cl.[OH-].[OH-].[OH-]. The van der Waals surface area contributed by atoms with Gasteiger partial charge in [0.05, 0.1) is 0 Å². The average Bonchev–Trinajstić information content (AvgIpc) is 2.47. The maximum Gasteiger partial charge on any atom is -0.870 e. The number of carbonyl (C=O) groups is 1. The zero-order chi connectivity index (χ0) is 15.4. The summed E-state index contributed by atoms with van der Waals surface area (Å²) in [6.45, 7) is 0. The molecule has 2 radical (unpaired) electrons. The molecule has 8 nitrogen and oxygen atoms in total. The molecule has 2 aromatic rings. The van der Waals surface area contributed by atoms with Crippen LogP contribution < -0.4 is 4.40 Å². The molecule has 0 fully saturated rings. The summed E-state index contributed by atoms with van der Waals surface area (Å²) in [6.07, 6.45) is 0. The third-order valence-corrected chi connectivity index (χ3v) is 5.45. The van der Waals surface area contributed by atoms with Gasteiger partial charge < -0.3 is 16.4 Å². The van der Waals surface area contributed by atoms with Crippen LogP contribution in [0, 0.1) is 10.1 Å². The smallest absolute Gasteiger partial charge is 0.870 e. The minimum Gasteiger partial charge on any atom is -0.870 e. The van der Waals surface area contributed by atoms with Gasteiger partial charge in [0, 0.05) is 0 Å². The molecule has 24 heavy (non-hydrogen) atoms. The van der Waals surface area contributed by atoms with E-state index in [9.17, 15) is 14.9 Å². The van der Waals surface area contributed by atoms with Crippen LogP contribution in [0.25, 0.3) is 0 Å². The summed E-state index contributed by atoms with van der Waals surface area (Å²) in [4.78, 5) is 22.5. The van der Waals surface area contributed by atoms with Gasteiger partial charge in [-0.2, -0.15) is 0 Å². The number of hydrogen-bond acceptors (Lipinski definition) is 6. The molecule has 1 amide bonds. The molecule has 0 spiro atoms. The molecule has 0 heterocycles. The van der Waals surface area contributed by atoms with Gasteiger partial charge in [0.2, 0.25) is 0 Å². The van der Waals surface area contributed by atoms with E-state index in [1.807, 2.05) is 30.3 Å². The van der Waals surface area contributed by atoms with Crippen molar-refractivity contribution in [1.29, 1.82) is 0 Å². The first-order valence-corrected chi connectivity index (χ1v) is 8.39. The maximum absolute atomic E-state index is 12.4. The van der Waals surface area contributed by atoms with Crippen molar-refractivity contribution >= 4 is 43.2 Å². The largest absolute Gasteiger partial charge is 0.870 e. The Morgan fingerprint density at radius 1 is 1.12 bits per heavy atom. The third-order valence-electron chi connectivity index (χ3n) is 2.77. The van der Waals surface area contributed by atoms with Gasteiger partial charge in [-0.15, -0.1) is 0 Å². The van der Waals surface area contributed by atoms with Crippen LogP contribution in [-0.4, -0.2) is 53.8 Å². The number of nitro groups is 1. The van der Waals surface area contributed by atoms with E-state index in [4.69, 9.17) is 11.6 Å². The van der Waals surface area contributed by atoms with Gasteiger partial charge in [0.1, 0.15) is 0 Å². The summed E-state index contributed by atoms with van der Waals surface area (Å²) in [5, 5.41) is 10.8. The Balaban J connectivity index is 0. The number of hydrogen-bond donors (Lipinski definition) is 0. The monoisotopic (exact) mass is 415 g/mol. The average molecular weight is 414 g/mol. The topological polar surface area (TPSA) is 153 Å². The molecule has 2 rings (SSSR count). The fraction of sp³-hybridized carbons (Fsp3) is 0.0714. The second-order valence-electron chi connectivity index (χ2n) is 4.26. The molecular weight excluding hydrogens is 400 g/mol. The van der Waals surface area contributed by atoms with Crippen LogP contribution in [0.1, 0.15) is 10.4 Å². The quantitative estimate of drug-likeness (QED) is 0.422. The molecule has 0 saturated heterocycles. The third kappa shape index (κ3) is 5.91. The number of amides is 1. The van der Waals surface area contributed by atoms with Crippen LogP contribution in [0.3, 0.4) is 0 Å². The predicted molar refractivity (Wildman–Crippen MR) is 87.8 cm³/mol. The summed E-state index contributed by atoms with van der Waals surface area (Å²) >= 11 is 5.19. The number of nitrogens with zero attached hydrogens (tertiary/aromatic N) is 2. The first-order valence-electron chi connectivity index (χ1n) is 6.03. The van der Waals surface area contributed by atoms with Gasteiger partial charge >= 0.3 is 133 Å². The molecule has 0 atom stereocenters. The number of rotatable bonds is 4. The normalized spacial score (nSPS) is 8.92. The van der Waals surface area contributed by atoms with Crippen LogP contribution in [0.2, 0.25) is 5.02 Å². The number of nitro benzene ring substituents is 1. The van der Waals surface area contributed by atoms with E-state index in [1.165, 1.54) is 18.2 Å². The second-order valence-corrected chi connectivity index (χ2v) is 7.76. The second kappa shape index (κ2) is 10.7. The van der Waals surface area contributed by atoms with Crippen molar-refractivity contribution in [3.63, 3.8) is 0 Å². The zero-order valence-electron chi connectivity index (χ0n) is 12.5. The van der Waals surface area contributed by atoms with Crippen LogP contribution in [0.15, 0.2) is 48.5 Å². The molecule has 130 valence electrons. The van der Waals surface area contributed by atoms with Gasteiger partial charge in [0.25, 0.3) is 0 Å². The number of benzene rings is 2. The Morgan fingerprint density at radius 2 is 1.71 bits per heavy atom. The molecule has 0 aliphatic rings. The molecular formula is C14H14ClGeN2O6-3. The Labute approximate surface area is 149 Å². The fourth-order valence-corrected chi connectivity index (χ4v) is 3.98. The zero-order valence-corrected chi connectivity index (χ0v) is 15.3. The molecule has 0 saturated carbocycles. The van der Waals surface area contributed by atoms with E-state index in [0.717, 1.165) is 4.40 Å². The van der Waals surface area contributed by atoms with Gasteiger partial charge in [0.15, 0.2) is 0 Å². The molecule has 0 bridgehead atoms. The molecule has 2 aromatic carbocycles. The van der Waals surface area contributed by atoms with Gasteiger partial charge in [-0.05, 0) is 0 Å². The van der Waals surface area contributed by atoms with E-state index in [1.54, 1.807) is 10.9 Å². The van der Waals surface area contributed by atoms with E-state index in [2.05, 4.69) is 0 Å². The minimum absolute atomic E-state index is 0. The van der Waals surface area contributed by atoms with E-state index in [0.29, 0.717) is 0 Å². The first-order chi connectivity index (χ1) is 9.99. The van der Waals surface area contributed by atoms with Gasteiger partial charge in [-0.3, -0.25) is 0 Å². The minimum atomic E-state index is -0.792. The van der Waals surface area contributed by atoms with Crippen molar-refractivity contribution in [2.24, 2.45) is 0 Å². The summed E-state index contributed by atoms with van der Waals surface area (Å²) in [5.41, 5.74) is 0.155. The maximum atomic E-state index is 12.4. The number of halogens is 1. The predicted octanol–water partition coefficient (Wildman–Crippen LogP) is 1.73. The standard InChI is InChI=1S/C14H11ClGeN2O3.3H2O/c1-17(16-10-5-3-2-4-6-10)14(19)12-8-7-11(18(20)21)9-13(12)15;;;/h2-9H,1H3;3*1H2/p-3. The van der Waals surface area contributed by atoms with Crippen LogP contribution >= 0.6 is 11.6 Å². The Hall–Kier alpha value is -1.98. The molecule has 0 unspecified atom stereocenters. The van der Waals surface area contributed by atoms with Crippen LogP contribution in [0.4, 0.5) is 5.69 Å².